The van der Waals surface area contributed by atoms with Crippen LogP contribution in [0.4, 0.5) is 5.82 Å². The lowest BCUT2D eigenvalue weighted by molar-refractivity contribution is 0.411. The van der Waals surface area contributed by atoms with Gasteiger partial charge in [-0.05, 0) is 49.2 Å². The van der Waals surface area contributed by atoms with Crippen LogP contribution in [-0.2, 0) is 0 Å². The third-order valence-electron chi connectivity index (χ3n) is 3.70. The van der Waals surface area contributed by atoms with Crippen LogP contribution >= 0.6 is 0 Å². The Labute approximate surface area is 129 Å². The predicted octanol–water partition coefficient (Wildman–Crippen LogP) is 3.14. The number of ether oxygens (including phenoxy) is 1. The molecule has 0 saturated carbocycles. The van der Waals surface area contributed by atoms with E-state index in [1.165, 1.54) is 0 Å². The number of para-hydroxylation sites is 1. The summed E-state index contributed by atoms with van der Waals surface area (Å²) in [5.41, 5.74) is 10.9. The van der Waals surface area contributed by atoms with Crippen LogP contribution < -0.4 is 10.5 Å². The third-order valence-corrected chi connectivity index (χ3v) is 3.70. The molecule has 112 valence electrons. The first-order valence-corrected chi connectivity index (χ1v) is 7.04. The van der Waals surface area contributed by atoms with E-state index in [1.807, 2.05) is 56.3 Å². The molecule has 0 amide bonds. The number of aryl methyl sites for hydroxylation is 2. The maximum Gasteiger partial charge on any atom is 0.155 e. The Balaban J connectivity index is 2.11. The molecule has 0 aliphatic carbocycles. The van der Waals surface area contributed by atoms with Crippen molar-refractivity contribution in [2.24, 2.45) is 0 Å². The molecular weight excluding hydrogens is 276 g/mol. The molecule has 1 aromatic heterocycles. The zero-order valence-electron chi connectivity index (χ0n) is 12.9. The molecule has 3 rings (SSSR count). The first-order chi connectivity index (χ1) is 10.6. The van der Waals surface area contributed by atoms with Crippen molar-refractivity contribution in [3.63, 3.8) is 0 Å². The number of aromatic nitrogens is 3. The lowest BCUT2D eigenvalue weighted by atomic mass is 10.0. The van der Waals surface area contributed by atoms with Crippen molar-refractivity contribution in [1.82, 2.24) is 15.0 Å². The molecule has 2 N–H and O–H groups in total. The standard InChI is InChI=1S/C17H18N4O/c1-11-10-15(22-3)12(2)9-14(11)16-17(18)21(20-19-16)13-7-5-4-6-8-13/h4-10H,18H2,1-3H3. The van der Waals surface area contributed by atoms with Crippen LogP contribution in [0, 0.1) is 13.8 Å². The van der Waals surface area contributed by atoms with E-state index in [9.17, 15) is 0 Å². The topological polar surface area (TPSA) is 66.0 Å². The Kier molecular flexibility index (Phi) is 3.55. The van der Waals surface area contributed by atoms with Gasteiger partial charge in [-0.15, -0.1) is 5.10 Å². The summed E-state index contributed by atoms with van der Waals surface area (Å²) >= 11 is 0. The summed E-state index contributed by atoms with van der Waals surface area (Å²) in [5.74, 6) is 1.38. The van der Waals surface area contributed by atoms with Crippen molar-refractivity contribution in [2.45, 2.75) is 13.8 Å². The molecule has 1 heterocycles. The van der Waals surface area contributed by atoms with Crippen molar-refractivity contribution in [3.05, 3.63) is 53.6 Å². The Morgan fingerprint density at radius 1 is 1.05 bits per heavy atom. The molecule has 0 atom stereocenters. The number of nitrogens with two attached hydrogens (primary N) is 1. The van der Waals surface area contributed by atoms with Gasteiger partial charge in [0.05, 0.1) is 12.8 Å². The minimum Gasteiger partial charge on any atom is -0.496 e. The molecule has 0 bridgehead atoms. The van der Waals surface area contributed by atoms with Gasteiger partial charge in [-0.1, -0.05) is 23.4 Å². The van der Waals surface area contributed by atoms with E-state index in [0.717, 1.165) is 28.1 Å². The highest BCUT2D eigenvalue weighted by Crippen LogP contribution is 2.32. The van der Waals surface area contributed by atoms with E-state index in [4.69, 9.17) is 10.5 Å². The molecular formula is C17H18N4O. The quantitative estimate of drug-likeness (QED) is 0.806. The summed E-state index contributed by atoms with van der Waals surface area (Å²) in [4.78, 5) is 0. The Morgan fingerprint density at radius 2 is 1.77 bits per heavy atom. The zero-order valence-corrected chi connectivity index (χ0v) is 12.9. The average Bonchev–Trinajstić information content (AvgIpc) is 2.91. The highest BCUT2D eigenvalue weighted by atomic mass is 16.5. The van der Waals surface area contributed by atoms with E-state index in [-0.39, 0.29) is 0 Å². The van der Waals surface area contributed by atoms with E-state index in [2.05, 4.69) is 10.3 Å². The van der Waals surface area contributed by atoms with Gasteiger partial charge in [-0.25, -0.2) is 0 Å². The summed E-state index contributed by atoms with van der Waals surface area (Å²) in [5, 5.41) is 8.45. The second-order valence-electron chi connectivity index (χ2n) is 5.21. The van der Waals surface area contributed by atoms with Gasteiger partial charge in [0, 0.05) is 5.56 Å². The highest BCUT2D eigenvalue weighted by Gasteiger charge is 2.16. The molecule has 5 heteroatoms. The molecule has 3 aromatic rings. The van der Waals surface area contributed by atoms with Crippen LogP contribution in [0.2, 0.25) is 0 Å². The van der Waals surface area contributed by atoms with Crippen molar-refractivity contribution < 1.29 is 4.74 Å². The minimum atomic E-state index is 0.527. The molecule has 0 radical (unpaired) electrons. The molecule has 2 aromatic carbocycles. The molecule has 22 heavy (non-hydrogen) atoms. The Morgan fingerprint density at radius 3 is 2.45 bits per heavy atom. The van der Waals surface area contributed by atoms with Crippen LogP contribution in [0.25, 0.3) is 16.9 Å². The van der Waals surface area contributed by atoms with Gasteiger partial charge in [-0.2, -0.15) is 4.68 Å². The summed E-state index contributed by atoms with van der Waals surface area (Å²) in [7, 11) is 1.67. The Hall–Kier alpha value is -2.82. The third kappa shape index (κ3) is 2.30. The molecule has 0 aliphatic rings. The van der Waals surface area contributed by atoms with Crippen LogP contribution in [0.5, 0.6) is 5.75 Å². The van der Waals surface area contributed by atoms with Crippen LogP contribution in [-0.4, -0.2) is 22.1 Å². The first-order valence-electron chi connectivity index (χ1n) is 7.04. The lowest BCUT2D eigenvalue weighted by Gasteiger charge is -2.10. The van der Waals surface area contributed by atoms with Gasteiger partial charge in [0.15, 0.2) is 5.82 Å². The maximum atomic E-state index is 6.26. The smallest absolute Gasteiger partial charge is 0.155 e. The normalized spacial score (nSPS) is 10.7. The molecule has 0 saturated heterocycles. The van der Waals surface area contributed by atoms with E-state index >= 15 is 0 Å². The SMILES string of the molecule is COc1cc(C)c(-c2nnn(-c3ccccc3)c2N)cc1C. The fourth-order valence-corrected chi connectivity index (χ4v) is 2.51. The summed E-state index contributed by atoms with van der Waals surface area (Å²) in [6, 6.07) is 13.8. The highest BCUT2D eigenvalue weighted by molar-refractivity contribution is 5.75. The van der Waals surface area contributed by atoms with Crippen molar-refractivity contribution in [3.8, 4) is 22.7 Å². The predicted molar refractivity (Wildman–Crippen MR) is 87.2 cm³/mol. The summed E-state index contributed by atoms with van der Waals surface area (Å²) in [6.45, 7) is 4.01. The van der Waals surface area contributed by atoms with Gasteiger partial charge in [-0.3, -0.25) is 0 Å². The summed E-state index contributed by atoms with van der Waals surface area (Å²) in [6.07, 6.45) is 0. The zero-order chi connectivity index (χ0) is 15.7. The van der Waals surface area contributed by atoms with Crippen molar-refractivity contribution in [1.29, 1.82) is 0 Å². The van der Waals surface area contributed by atoms with Gasteiger partial charge >= 0.3 is 0 Å². The van der Waals surface area contributed by atoms with E-state index < -0.39 is 0 Å². The Bertz CT molecular complexity index is 809. The van der Waals surface area contributed by atoms with Gasteiger partial charge in [0.2, 0.25) is 0 Å². The molecule has 0 aliphatic heterocycles. The van der Waals surface area contributed by atoms with Crippen LogP contribution in [0.15, 0.2) is 42.5 Å². The number of anilines is 1. The van der Waals surface area contributed by atoms with Crippen LogP contribution in [0.1, 0.15) is 11.1 Å². The average molecular weight is 294 g/mol. The molecule has 0 spiro atoms. The second-order valence-corrected chi connectivity index (χ2v) is 5.21. The largest absolute Gasteiger partial charge is 0.496 e. The van der Waals surface area contributed by atoms with E-state index in [0.29, 0.717) is 11.5 Å². The summed E-state index contributed by atoms with van der Waals surface area (Å²) < 4.78 is 7.00. The van der Waals surface area contributed by atoms with Gasteiger partial charge in [0.1, 0.15) is 11.4 Å². The van der Waals surface area contributed by atoms with Crippen LogP contribution in [0.3, 0.4) is 0 Å². The minimum absolute atomic E-state index is 0.527. The van der Waals surface area contributed by atoms with Crippen molar-refractivity contribution in [2.75, 3.05) is 12.8 Å². The fourth-order valence-electron chi connectivity index (χ4n) is 2.51. The number of rotatable bonds is 3. The fraction of sp³-hybridized carbons (Fsp3) is 0.176. The lowest BCUT2D eigenvalue weighted by Crippen LogP contribution is -2.02. The number of nitrogens with zero attached hydrogens (tertiary/aromatic N) is 3. The van der Waals surface area contributed by atoms with Gasteiger partial charge < -0.3 is 10.5 Å². The number of methoxy groups -OCH3 is 1. The second kappa shape index (κ2) is 5.52. The van der Waals surface area contributed by atoms with Crippen molar-refractivity contribution >= 4 is 5.82 Å². The first kappa shape index (κ1) is 14.1. The molecule has 0 fully saturated rings. The monoisotopic (exact) mass is 294 g/mol. The number of benzene rings is 2. The maximum absolute atomic E-state index is 6.26. The number of hydrogen-bond donors (Lipinski definition) is 1. The van der Waals surface area contributed by atoms with Gasteiger partial charge in [0.25, 0.3) is 0 Å². The van der Waals surface area contributed by atoms with E-state index in [1.54, 1.807) is 11.8 Å². The number of nitrogen functional groups attached to an aromatic ring is 1. The number of hydrogen-bond acceptors (Lipinski definition) is 4. The molecule has 5 nitrogen and oxygen atoms in total. The molecule has 0 unspecified atom stereocenters.